The van der Waals surface area contributed by atoms with E-state index >= 15 is 0 Å². The lowest BCUT2D eigenvalue weighted by atomic mass is 9.71. The Balaban J connectivity index is 1.71. The molecule has 0 bridgehead atoms. The molecule has 2 aliphatic rings. The van der Waals surface area contributed by atoms with Crippen molar-refractivity contribution >= 4 is 5.91 Å². The van der Waals surface area contributed by atoms with Gasteiger partial charge in [-0.25, -0.2) is 0 Å². The van der Waals surface area contributed by atoms with Crippen LogP contribution in [0.3, 0.4) is 0 Å². The van der Waals surface area contributed by atoms with Gasteiger partial charge in [0.05, 0.1) is 6.61 Å². The summed E-state index contributed by atoms with van der Waals surface area (Å²) in [7, 11) is 1.61. The van der Waals surface area contributed by atoms with Gasteiger partial charge < -0.3 is 15.2 Å². The molecule has 0 radical (unpaired) electrons. The number of rotatable bonds is 5. The Morgan fingerprint density at radius 2 is 2.25 bits per heavy atom. The first-order valence-electron chi connectivity index (χ1n) is 6.13. The summed E-state index contributed by atoms with van der Waals surface area (Å²) in [5, 5.41) is 12.2. The Morgan fingerprint density at radius 1 is 1.44 bits per heavy atom. The summed E-state index contributed by atoms with van der Waals surface area (Å²) in [4.78, 5) is 11.5. The normalized spacial score (nSPS) is 36.6. The number of aliphatic hydroxyl groups is 1. The van der Waals surface area contributed by atoms with Crippen LogP contribution >= 0.6 is 0 Å². The Morgan fingerprint density at radius 3 is 2.94 bits per heavy atom. The van der Waals surface area contributed by atoms with Gasteiger partial charge in [0.15, 0.2) is 0 Å². The molecule has 16 heavy (non-hydrogen) atoms. The third-order valence-electron chi connectivity index (χ3n) is 4.06. The van der Waals surface area contributed by atoms with Crippen molar-refractivity contribution in [3.8, 4) is 0 Å². The molecule has 2 rings (SSSR count). The molecule has 92 valence electrons. The molecular formula is C12H21NO3. The van der Waals surface area contributed by atoms with Gasteiger partial charge in [0.2, 0.25) is 5.91 Å². The summed E-state index contributed by atoms with van der Waals surface area (Å²) in [5.41, 5.74) is 0. The van der Waals surface area contributed by atoms with E-state index in [1.807, 2.05) is 0 Å². The highest BCUT2D eigenvalue weighted by atomic mass is 16.5. The quantitative estimate of drug-likeness (QED) is 0.721. The molecule has 0 aliphatic heterocycles. The first kappa shape index (κ1) is 11.9. The van der Waals surface area contributed by atoms with Gasteiger partial charge in [-0.2, -0.15) is 0 Å². The highest BCUT2D eigenvalue weighted by Gasteiger charge is 2.47. The molecule has 4 atom stereocenters. The fourth-order valence-electron chi connectivity index (χ4n) is 3.13. The summed E-state index contributed by atoms with van der Waals surface area (Å²) in [6, 6.07) is 0.353. The Labute approximate surface area is 96.4 Å². The third-order valence-corrected chi connectivity index (χ3v) is 4.06. The topological polar surface area (TPSA) is 58.6 Å². The number of carbonyl (C=O) groups excluding carboxylic acids is 1. The molecule has 0 aromatic rings. The van der Waals surface area contributed by atoms with E-state index in [1.165, 1.54) is 0 Å². The van der Waals surface area contributed by atoms with E-state index in [1.54, 1.807) is 7.11 Å². The minimum Gasteiger partial charge on any atom is -0.396 e. The van der Waals surface area contributed by atoms with Crippen LogP contribution in [-0.2, 0) is 9.53 Å². The van der Waals surface area contributed by atoms with Crippen LogP contribution < -0.4 is 5.32 Å². The van der Waals surface area contributed by atoms with Crippen molar-refractivity contribution in [2.75, 3.05) is 20.3 Å². The molecule has 2 N–H and O–H groups in total. The van der Waals surface area contributed by atoms with Gasteiger partial charge in [0, 0.05) is 26.2 Å². The number of nitrogens with one attached hydrogen (secondary N) is 1. The molecule has 0 aromatic heterocycles. The van der Waals surface area contributed by atoms with Gasteiger partial charge >= 0.3 is 0 Å². The van der Waals surface area contributed by atoms with Crippen LogP contribution in [0.25, 0.3) is 0 Å². The van der Waals surface area contributed by atoms with E-state index in [9.17, 15) is 4.79 Å². The zero-order chi connectivity index (χ0) is 11.5. The van der Waals surface area contributed by atoms with E-state index in [0.717, 1.165) is 25.2 Å². The van der Waals surface area contributed by atoms with Crippen LogP contribution in [0.4, 0.5) is 0 Å². The maximum Gasteiger partial charge on any atom is 0.222 e. The molecule has 2 saturated carbocycles. The highest BCUT2D eigenvalue weighted by Crippen LogP contribution is 2.49. The first-order valence-corrected chi connectivity index (χ1v) is 6.13. The fourth-order valence-corrected chi connectivity index (χ4v) is 3.13. The van der Waals surface area contributed by atoms with Gasteiger partial charge in [-0.05, 0) is 37.0 Å². The molecule has 4 unspecified atom stereocenters. The van der Waals surface area contributed by atoms with Crippen molar-refractivity contribution in [2.24, 2.45) is 17.8 Å². The standard InChI is InChI=1S/C12H21NO3/c1-16-3-2-12(15)13-11-6-9-4-8(7-14)5-10(9)11/h8-11,14H,2-7H2,1H3,(H,13,15). The molecule has 0 saturated heterocycles. The number of ether oxygens (including phenoxy) is 1. The molecular weight excluding hydrogens is 206 g/mol. The van der Waals surface area contributed by atoms with E-state index in [2.05, 4.69) is 5.32 Å². The summed E-state index contributed by atoms with van der Waals surface area (Å²) in [6.45, 7) is 0.795. The van der Waals surface area contributed by atoms with Crippen molar-refractivity contribution in [1.82, 2.24) is 5.32 Å². The van der Waals surface area contributed by atoms with E-state index < -0.39 is 0 Å². The fraction of sp³-hybridized carbons (Fsp3) is 0.917. The van der Waals surface area contributed by atoms with Crippen LogP contribution in [-0.4, -0.2) is 37.4 Å². The highest BCUT2D eigenvalue weighted by molar-refractivity contribution is 5.76. The second-order valence-electron chi connectivity index (χ2n) is 5.10. The molecule has 2 fully saturated rings. The zero-order valence-corrected chi connectivity index (χ0v) is 9.82. The lowest BCUT2D eigenvalue weighted by molar-refractivity contribution is -0.124. The predicted octanol–water partition coefficient (Wildman–Crippen LogP) is 0.546. The van der Waals surface area contributed by atoms with Gasteiger partial charge in [0.1, 0.15) is 0 Å². The molecule has 4 heteroatoms. The van der Waals surface area contributed by atoms with Gasteiger partial charge in [-0.3, -0.25) is 4.79 Å². The molecule has 0 spiro atoms. The van der Waals surface area contributed by atoms with Crippen LogP contribution in [0.2, 0.25) is 0 Å². The molecule has 0 aromatic carbocycles. The second kappa shape index (κ2) is 5.15. The Kier molecular flexibility index (Phi) is 3.82. The average molecular weight is 227 g/mol. The minimum atomic E-state index is 0.0951. The van der Waals surface area contributed by atoms with E-state index in [-0.39, 0.29) is 5.91 Å². The van der Waals surface area contributed by atoms with Crippen LogP contribution in [0.1, 0.15) is 25.7 Å². The first-order chi connectivity index (χ1) is 7.74. The minimum absolute atomic E-state index is 0.0951. The largest absolute Gasteiger partial charge is 0.396 e. The van der Waals surface area contributed by atoms with Crippen LogP contribution in [0.15, 0.2) is 0 Å². The van der Waals surface area contributed by atoms with Crippen LogP contribution in [0.5, 0.6) is 0 Å². The molecule has 2 aliphatic carbocycles. The number of carbonyl (C=O) groups is 1. The number of aliphatic hydroxyl groups excluding tert-OH is 1. The summed E-state index contributed by atoms with van der Waals surface area (Å²) < 4.78 is 4.87. The summed E-state index contributed by atoms with van der Waals surface area (Å²) in [6.07, 6.45) is 3.77. The van der Waals surface area contributed by atoms with Gasteiger partial charge in [-0.15, -0.1) is 0 Å². The van der Waals surface area contributed by atoms with Crippen molar-refractivity contribution in [3.05, 3.63) is 0 Å². The van der Waals surface area contributed by atoms with Gasteiger partial charge in [0.25, 0.3) is 0 Å². The monoisotopic (exact) mass is 227 g/mol. The second-order valence-corrected chi connectivity index (χ2v) is 5.10. The number of fused-ring (bicyclic) bond motifs is 1. The number of hydrogen-bond donors (Lipinski definition) is 2. The Bertz CT molecular complexity index is 257. The van der Waals surface area contributed by atoms with E-state index in [4.69, 9.17) is 9.84 Å². The predicted molar refractivity (Wildman–Crippen MR) is 59.8 cm³/mol. The van der Waals surface area contributed by atoms with Gasteiger partial charge in [-0.1, -0.05) is 0 Å². The smallest absolute Gasteiger partial charge is 0.222 e. The van der Waals surface area contributed by atoms with Crippen molar-refractivity contribution in [2.45, 2.75) is 31.7 Å². The maximum absolute atomic E-state index is 11.5. The molecule has 4 nitrogen and oxygen atoms in total. The summed E-state index contributed by atoms with van der Waals surface area (Å²) >= 11 is 0. The maximum atomic E-state index is 11.5. The SMILES string of the molecule is COCCC(=O)NC1CC2CC(CO)CC21. The van der Waals surface area contributed by atoms with Crippen molar-refractivity contribution in [3.63, 3.8) is 0 Å². The Hall–Kier alpha value is -0.610. The molecule has 1 amide bonds. The average Bonchev–Trinajstić information content (AvgIpc) is 2.60. The number of methoxy groups -OCH3 is 1. The summed E-state index contributed by atoms with van der Waals surface area (Å²) in [5.74, 6) is 1.92. The van der Waals surface area contributed by atoms with Crippen molar-refractivity contribution in [1.29, 1.82) is 0 Å². The van der Waals surface area contributed by atoms with Crippen molar-refractivity contribution < 1.29 is 14.6 Å². The number of hydrogen-bond acceptors (Lipinski definition) is 3. The molecule has 0 heterocycles. The number of amides is 1. The van der Waals surface area contributed by atoms with E-state index in [0.29, 0.717) is 37.5 Å². The zero-order valence-electron chi connectivity index (χ0n) is 9.82. The third kappa shape index (κ3) is 2.38. The lowest BCUT2D eigenvalue weighted by Gasteiger charge is -2.40. The van der Waals surface area contributed by atoms with Crippen LogP contribution in [0, 0.1) is 17.8 Å². The lowest BCUT2D eigenvalue weighted by Crippen LogP contribution is -2.50.